The third-order valence-corrected chi connectivity index (χ3v) is 4.72. The molecule has 0 aliphatic heterocycles. The fourth-order valence-corrected chi connectivity index (χ4v) is 2.33. The molecule has 2 N–H and O–H groups in total. The molecule has 24 heavy (non-hydrogen) atoms. The summed E-state index contributed by atoms with van der Waals surface area (Å²) < 4.78 is 10.4. The number of nitrogens with one attached hydrogen (secondary N) is 1. The van der Waals surface area contributed by atoms with Crippen molar-refractivity contribution in [2.45, 2.75) is 65.6 Å². The predicted octanol–water partition coefficient (Wildman–Crippen LogP) is 2.66. The van der Waals surface area contributed by atoms with Gasteiger partial charge in [-0.1, -0.05) is 33.5 Å². The Hall–Kier alpha value is -1.18. The van der Waals surface area contributed by atoms with E-state index in [1.807, 2.05) is 13.8 Å². The first-order valence-electron chi connectivity index (χ1n) is 8.19. The van der Waals surface area contributed by atoms with Crippen LogP contribution in [0.2, 0.25) is 25.7 Å². The lowest BCUT2D eigenvalue weighted by molar-refractivity contribution is -0.192. The van der Waals surface area contributed by atoms with E-state index < -0.39 is 25.2 Å². The highest BCUT2D eigenvalue weighted by molar-refractivity contribution is 6.76. The van der Waals surface area contributed by atoms with E-state index in [-0.39, 0.29) is 18.9 Å². The van der Waals surface area contributed by atoms with Gasteiger partial charge in [0, 0.05) is 26.8 Å². The Kier molecular flexibility index (Phi) is 8.88. The highest BCUT2D eigenvalue weighted by Gasteiger charge is 2.25. The summed E-state index contributed by atoms with van der Waals surface area (Å²) in [5, 5.41) is 12.1. The fraction of sp³-hybridized carbons (Fsp3) is 0.765. The van der Waals surface area contributed by atoms with Crippen LogP contribution in [0.25, 0.3) is 0 Å². The van der Waals surface area contributed by atoms with Gasteiger partial charge in [-0.15, -0.1) is 0 Å². The molecule has 0 fully saturated rings. The molecule has 0 saturated heterocycles. The van der Waals surface area contributed by atoms with Crippen LogP contribution < -0.4 is 5.32 Å². The second-order valence-electron chi connectivity index (χ2n) is 8.46. The van der Waals surface area contributed by atoms with E-state index in [1.54, 1.807) is 13.8 Å². The standard InChI is InChI=1S/C17H33NO5Si/c1-16(2,13-23-17(3,4)21)12-14(19)18-9-8-15(20)22-10-11-24(5,6)7/h8-9,21H,10-13H2,1-7H3,(H,18,19)/b9-8-. The van der Waals surface area contributed by atoms with Crippen molar-refractivity contribution in [1.82, 2.24) is 5.32 Å². The van der Waals surface area contributed by atoms with E-state index in [1.165, 1.54) is 12.3 Å². The number of carbonyl (C=O) groups is 2. The zero-order valence-electron chi connectivity index (χ0n) is 16.1. The van der Waals surface area contributed by atoms with Crippen LogP contribution in [0.15, 0.2) is 12.3 Å². The summed E-state index contributed by atoms with van der Waals surface area (Å²) in [6, 6.07) is 0.911. The van der Waals surface area contributed by atoms with Gasteiger partial charge in [0.1, 0.15) is 0 Å². The van der Waals surface area contributed by atoms with Gasteiger partial charge in [0.25, 0.3) is 0 Å². The van der Waals surface area contributed by atoms with Crippen LogP contribution in [0.3, 0.4) is 0 Å². The lowest BCUT2D eigenvalue weighted by atomic mass is 9.90. The molecule has 7 heteroatoms. The molecule has 140 valence electrons. The van der Waals surface area contributed by atoms with Crippen molar-refractivity contribution in [3.05, 3.63) is 12.3 Å². The van der Waals surface area contributed by atoms with Gasteiger partial charge in [-0.05, 0) is 25.3 Å². The number of hydrogen-bond donors (Lipinski definition) is 2. The van der Waals surface area contributed by atoms with Gasteiger partial charge in [-0.3, -0.25) is 4.79 Å². The Morgan fingerprint density at radius 3 is 2.25 bits per heavy atom. The van der Waals surface area contributed by atoms with Crippen molar-refractivity contribution in [3.8, 4) is 0 Å². The Bertz CT molecular complexity index is 447. The summed E-state index contributed by atoms with van der Waals surface area (Å²) >= 11 is 0. The molecule has 0 saturated carbocycles. The summed E-state index contributed by atoms with van der Waals surface area (Å²) in [6.45, 7) is 14.1. The van der Waals surface area contributed by atoms with Crippen LogP contribution in [-0.2, 0) is 19.1 Å². The highest BCUT2D eigenvalue weighted by atomic mass is 28.3. The minimum atomic E-state index is -1.23. The van der Waals surface area contributed by atoms with Crippen LogP contribution in [0, 0.1) is 5.41 Å². The fourth-order valence-electron chi connectivity index (χ4n) is 1.62. The van der Waals surface area contributed by atoms with Gasteiger partial charge in [-0.25, -0.2) is 4.79 Å². The largest absolute Gasteiger partial charge is 0.463 e. The van der Waals surface area contributed by atoms with Crippen LogP contribution in [0.5, 0.6) is 0 Å². The summed E-state index contributed by atoms with van der Waals surface area (Å²) in [5.41, 5.74) is -0.435. The van der Waals surface area contributed by atoms with E-state index in [2.05, 4.69) is 25.0 Å². The lowest BCUT2D eigenvalue weighted by Gasteiger charge is -2.28. The monoisotopic (exact) mass is 359 g/mol. The first-order chi connectivity index (χ1) is 10.7. The molecular formula is C17H33NO5Si. The van der Waals surface area contributed by atoms with E-state index in [0.717, 1.165) is 6.04 Å². The van der Waals surface area contributed by atoms with Crippen molar-refractivity contribution in [2.24, 2.45) is 5.41 Å². The molecule has 0 aromatic heterocycles. The normalized spacial score (nSPS) is 13.2. The Morgan fingerprint density at radius 1 is 1.17 bits per heavy atom. The molecule has 0 bridgehead atoms. The van der Waals surface area contributed by atoms with Crippen LogP contribution >= 0.6 is 0 Å². The van der Waals surface area contributed by atoms with E-state index in [0.29, 0.717) is 6.61 Å². The van der Waals surface area contributed by atoms with Crippen LogP contribution in [0.1, 0.15) is 34.1 Å². The maximum absolute atomic E-state index is 11.9. The summed E-state index contributed by atoms with van der Waals surface area (Å²) in [4.78, 5) is 23.4. The summed E-state index contributed by atoms with van der Waals surface area (Å²) in [7, 11) is -1.22. The number of aliphatic hydroxyl groups is 1. The van der Waals surface area contributed by atoms with Crippen molar-refractivity contribution in [3.63, 3.8) is 0 Å². The maximum Gasteiger partial charge on any atom is 0.332 e. The molecule has 0 unspecified atom stereocenters. The number of amides is 1. The Balaban J connectivity index is 4.13. The van der Waals surface area contributed by atoms with Crippen molar-refractivity contribution in [2.75, 3.05) is 13.2 Å². The van der Waals surface area contributed by atoms with Gasteiger partial charge >= 0.3 is 5.97 Å². The average Bonchev–Trinajstić information content (AvgIpc) is 2.33. The minimum absolute atomic E-state index is 0.206. The second kappa shape index (κ2) is 9.34. The van der Waals surface area contributed by atoms with Gasteiger partial charge in [-0.2, -0.15) is 0 Å². The van der Waals surface area contributed by atoms with E-state index in [4.69, 9.17) is 9.47 Å². The first-order valence-corrected chi connectivity index (χ1v) is 11.9. The van der Waals surface area contributed by atoms with Gasteiger partial charge in [0.05, 0.1) is 13.2 Å². The minimum Gasteiger partial charge on any atom is -0.463 e. The van der Waals surface area contributed by atoms with Gasteiger partial charge < -0.3 is 19.9 Å². The molecule has 0 aliphatic rings. The molecule has 0 heterocycles. The molecule has 0 aromatic rings. The molecule has 1 amide bonds. The second-order valence-corrected chi connectivity index (χ2v) is 14.1. The summed E-state index contributed by atoms with van der Waals surface area (Å²) in [5.74, 6) is -1.92. The molecule has 0 rings (SSSR count). The number of esters is 1. The maximum atomic E-state index is 11.9. The first kappa shape index (κ1) is 22.8. The quantitative estimate of drug-likeness (QED) is 0.271. The third kappa shape index (κ3) is 14.4. The Labute approximate surface area is 146 Å². The average molecular weight is 360 g/mol. The zero-order valence-corrected chi connectivity index (χ0v) is 17.1. The number of carbonyl (C=O) groups excluding carboxylic acids is 2. The predicted molar refractivity (Wildman–Crippen MR) is 97.0 cm³/mol. The summed E-state index contributed by atoms with van der Waals surface area (Å²) in [6.07, 6.45) is 2.71. The SMILES string of the molecule is CC(C)(COC(C)(C)O)CC(=O)N/C=C\C(=O)OCC[Si](C)(C)C. The van der Waals surface area contributed by atoms with Crippen LogP contribution in [0.4, 0.5) is 0 Å². The van der Waals surface area contributed by atoms with Gasteiger partial charge in [0.2, 0.25) is 5.91 Å². The van der Waals surface area contributed by atoms with E-state index in [9.17, 15) is 14.7 Å². The molecule has 0 aromatic carbocycles. The number of ether oxygens (including phenoxy) is 2. The molecular weight excluding hydrogens is 326 g/mol. The lowest BCUT2D eigenvalue weighted by Crippen LogP contribution is -2.33. The topological polar surface area (TPSA) is 84.9 Å². The third-order valence-electron chi connectivity index (χ3n) is 3.02. The highest BCUT2D eigenvalue weighted by Crippen LogP contribution is 2.22. The van der Waals surface area contributed by atoms with Crippen molar-refractivity contribution >= 4 is 20.0 Å². The Morgan fingerprint density at radius 2 is 1.75 bits per heavy atom. The molecule has 6 nitrogen and oxygen atoms in total. The van der Waals surface area contributed by atoms with E-state index >= 15 is 0 Å². The number of rotatable bonds is 10. The molecule has 0 spiro atoms. The van der Waals surface area contributed by atoms with Crippen molar-refractivity contribution < 1.29 is 24.2 Å². The van der Waals surface area contributed by atoms with Crippen LogP contribution in [-0.4, -0.2) is 44.1 Å². The van der Waals surface area contributed by atoms with Crippen molar-refractivity contribution in [1.29, 1.82) is 0 Å². The van der Waals surface area contributed by atoms with Gasteiger partial charge in [0.15, 0.2) is 5.79 Å². The zero-order chi connectivity index (χ0) is 19.0. The number of hydrogen-bond acceptors (Lipinski definition) is 5. The molecule has 0 aliphatic carbocycles. The molecule has 0 atom stereocenters. The molecule has 0 radical (unpaired) electrons. The smallest absolute Gasteiger partial charge is 0.332 e.